The number of nitrogens with zero attached hydrogens (tertiary/aromatic N) is 5. The first-order valence-corrected chi connectivity index (χ1v) is 16.0. The number of hydrogen-bond donors (Lipinski definition) is 1. The van der Waals surface area contributed by atoms with Crippen molar-refractivity contribution in [1.29, 1.82) is 0 Å². The second-order valence-electron chi connectivity index (χ2n) is 11.5. The van der Waals surface area contributed by atoms with E-state index in [0.717, 1.165) is 18.4 Å². The molecule has 12 heteroatoms. The zero-order valence-electron chi connectivity index (χ0n) is 24.4. The highest BCUT2D eigenvalue weighted by molar-refractivity contribution is 9.09. The third-order valence-electron chi connectivity index (χ3n) is 8.79. The first kappa shape index (κ1) is 31.3. The lowest BCUT2D eigenvalue weighted by molar-refractivity contribution is -0.155. The van der Waals surface area contributed by atoms with E-state index in [1.165, 1.54) is 0 Å². The van der Waals surface area contributed by atoms with Crippen molar-refractivity contribution in [2.24, 2.45) is 11.8 Å². The Labute approximate surface area is 260 Å². The quantitative estimate of drug-likeness (QED) is 0.126. The summed E-state index contributed by atoms with van der Waals surface area (Å²) < 4.78 is 13.9. The third-order valence-corrected chi connectivity index (χ3v) is 9.63. The van der Waals surface area contributed by atoms with Gasteiger partial charge in [0.15, 0.2) is 0 Å². The van der Waals surface area contributed by atoms with Crippen molar-refractivity contribution in [3.63, 3.8) is 0 Å². The standard InChI is InChI=1S/C31H40BrN5O6/c1-3-5-6-12-18-42-30(41)24-25-28(39)36(16-10-7-11-17-38)27(31(25)19-21(32)26(24)43-31)29(40)35(15-4-2)20-37-23-14-9-8-13-22(23)33-34-37/h3-4,8-9,13-14,21,24-27,38H,1-2,5-7,10-12,15-20H2/t21?,24-,25-,26-,27?,31?/m0/s1. The van der Waals surface area contributed by atoms with Gasteiger partial charge < -0.3 is 24.4 Å². The molecule has 2 amide bonds. The minimum absolute atomic E-state index is 0.0542. The largest absolute Gasteiger partial charge is 0.465 e. The fourth-order valence-corrected chi connectivity index (χ4v) is 7.82. The lowest BCUT2D eigenvalue weighted by Crippen LogP contribution is -2.57. The molecule has 1 spiro atoms. The number of alkyl halides is 1. The molecule has 0 aliphatic carbocycles. The molecule has 232 valence electrons. The van der Waals surface area contributed by atoms with Crippen LogP contribution in [0.3, 0.4) is 0 Å². The van der Waals surface area contributed by atoms with Gasteiger partial charge >= 0.3 is 5.97 Å². The fraction of sp³-hybridized carbons (Fsp3) is 0.581. The number of aliphatic hydroxyl groups excluding tert-OH is 1. The Bertz CT molecular complexity index is 1350. The number of fused-ring (bicyclic) bond motifs is 2. The van der Waals surface area contributed by atoms with Crippen LogP contribution in [0.25, 0.3) is 11.0 Å². The summed E-state index contributed by atoms with van der Waals surface area (Å²) >= 11 is 3.71. The van der Waals surface area contributed by atoms with Crippen LogP contribution in [-0.4, -0.2) is 96.6 Å². The van der Waals surface area contributed by atoms with Crippen molar-refractivity contribution < 1.29 is 29.0 Å². The van der Waals surface area contributed by atoms with Crippen molar-refractivity contribution in [1.82, 2.24) is 24.8 Å². The van der Waals surface area contributed by atoms with E-state index in [0.29, 0.717) is 44.2 Å². The van der Waals surface area contributed by atoms with Gasteiger partial charge in [0.1, 0.15) is 23.8 Å². The van der Waals surface area contributed by atoms with Crippen LogP contribution >= 0.6 is 15.9 Å². The molecule has 3 aliphatic heterocycles. The van der Waals surface area contributed by atoms with Crippen LogP contribution in [0.4, 0.5) is 0 Å². The van der Waals surface area contributed by atoms with Crippen LogP contribution in [0.15, 0.2) is 49.6 Å². The lowest BCUT2D eigenvalue weighted by atomic mass is 9.70. The Morgan fingerprint density at radius 2 is 2.00 bits per heavy atom. The summed E-state index contributed by atoms with van der Waals surface area (Å²) in [5, 5.41) is 17.8. The molecular formula is C31H40BrN5O6. The van der Waals surface area contributed by atoms with Crippen LogP contribution in [0.2, 0.25) is 0 Å². The molecule has 0 saturated carbocycles. The Balaban J connectivity index is 1.45. The highest BCUT2D eigenvalue weighted by Gasteiger charge is 2.77. The predicted octanol–water partition coefficient (Wildman–Crippen LogP) is 3.21. The zero-order chi connectivity index (χ0) is 30.6. The molecule has 5 rings (SSSR count). The molecule has 11 nitrogen and oxygen atoms in total. The first-order valence-electron chi connectivity index (χ1n) is 15.1. The minimum Gasteiger partial charge on any atom is -0.465 e. The molecule has 3 fully saturated rings. The number of ether oxygens (including phenoxy) is 2. The van der Waals surface area contributed by atoms with Crippen LogP contribution in [0.5, 0.6) is 0 Å². The van der Waals surface area contributed by atoms with E-state index in [1.54, 1.807) is 20.6 Å². The predicted molar refractivity (Wildman–Crippen MR) is 163 cm³/mol. The Hall–Kier alpha value is -3.09. The van der Waals surface area contributed by atoms with E-state index in [2.05, 4.69) is 39.4 Å². The number of amides is 2. The highest BCUT2D eigenvalue weighted by Crippen LogP contribution is 2.60. The van der Waals surface area contributed by atoms with Crippen LogP contribution in [0.1, 0.15) is 44.9 Å². The average molecular weight is 659 g/mol. The van der Waals surface area contributed by atoms with Gasteiger partial charge in [-0.3, -0.25) is 14.4 Å². The lowest BCUT2D eigenvalue weighted by Gasteiger charge is -2.37. The summed E-state index contributed by atoms with van der Waals surface area (Å²) in [6.07, 6.45) is 7.59. The number of allylic oxidation sites excluding steroid dienone is 1. The smallest absolute Gasteiger partial charge is 0.312 e. The van der Waals surface area contributed by atoms with Gasteiger partial charge in [0.05, 0.1) is 30.1 Å². The molecule has 1 aromatic carbocycles. The first-order chi connectivity index (χ1) is 20.9. The minimum atomic E-state index is -1.18. The summed E-state index contributed by atoms with van der Waals surface area (Å²) in [4.78, 5) is 45.3. The zero-order valence-corrected chi connectivity index (χ0v) is 25.9. The normalized spacial score (nSPS) is 27.4. The van der Waals surface area contributed by atoms with Gasteiger partial charge in [-0.1, -0.05) is 45.4 Å². The van der Waals surface area contributed by atoms with E-state index in [1.807, 2.05) is 30.3 Å². The molecule has 3 aliphatic rings. The summed E-state index contributed by atoms with van der Waals surface area (Å²) in [6.45, 7) is 8.53. The van der Waals surface area contributed by atoms with Gasteiger partial charge in [-0.05, 0) is 57.1 Å². The molecule has 4 heterocycles. The monoisotopic (exact) mass is 657 g/mol. The number of para-hydroxylation sites is 1. The Morgan fingerprint density at radius 3 is 2.77 bits per heavy atom. The number of carbonyl (C=O) groups is 3. The topological polar surface area (TPSA) is 127 Å². The molecule has 3 unspecified atom stereocenters. The molecule has 6 atom stereocenters. The SMILES string of the molecule is C=CCCCCOC(=O)[C@H]1[C@H]2C(=O)N(CCCCCO)C(C(=O)N(CC=C)Cn3nnc4ccccc43)C23CC(Br)[C@@H]1O3. The Kier molecular flexibility index (Phi) is 9.98. The highest BCUT2D eigenvalue weighted by atomic mass is 79.9. The van der Waals surface area contributed by atoms with Gasteiger partial charge in [0.2, 0.25) is 11.8 Å². The van der Waals surface area contributed by atoms with Gasteiger partial charge in [0.25, 0.3) is 0 Å². The second kappa shape index (κ2) is 13.7. The van der Waals surface area contributed by atoms with E-state index in [4.69, 9.17) is 9.47 Å². The van der Waals surface area contributed by atoms with Crippen molar-refractivity contribution in [2.45, 2.75) is 74.2 Å². The molecular weight excluding hydrogens is 618 g/mol. The second-order valence-corrected chi connectivity index (χ2v) is 12.7. The van der Waals surface area contributed by atoms with E-state index >= 15 is 0 Å². The van der Waals surface area contributed by atoms with E-state index in [-0.39, 0.29) is 43.1 Å². The molecule has 1 N–H and O–H groups in total. The van der Waals surface area contributed by atoms with Crippen molar-refractivity contribution in [3.05, 3.63) is 49.6 Å². The number of likely N-dealkylation sites (tertiary alicyclic amines) is 1. The molecule has 1 aromatic heterocycles. The number of benzene rings is 1. The summed E-state index contributed by atoms with van der Waals surface area (Å²) in [5.41, 5.74) is 0.304. The van der Waals surface area contributed by atoms with Crippen molar-refractivity contribution in [3.8, 4) is 0 Å². The molecule has 0 radical (unpaired) electrons. The maximum absolute atomic E-state index is 14.6. The average Bonchev–Trinajstić information content (AvgIpc) is 3.72. The molecule has 2 bridgehead atoms. The fourth-order valence-electron chi connectivity index (χ4n) is 6.88. The summed E-state index contributed by atoms with van der Waals surface area (Å²) in [5.74, 6) is -2.65. The number of rotatable bonds is 16. The van der Waals surface area contributed by atoms with Gasteiger partial charge in [-0.25, -0.2) is 4.68 Å². The molecule has 3 saturated heterocycles. The number of esters is 1. The molecule has 2 aromatic rings. The number of halogens is 1. The van der Waals surface area contributed by atoms with Gasteiger partial charge in [0, 0.05) is 24.5 Å². The van der Waals surface area contributed by atoms with Crippen LogP contribution < -0.4 is 0 Å². The van der Waals surface area contributed by atoms with Crippen molar-refractivity contribution >= 4 is 44.7 Å². The van der Waals surface area contributed by atoms with Crippen LogP contribution in [0, 0.1) is 11.8 Å². The Morgan fingerprint density at radius 1 is 1.19 bits per heavy atom. The van der Waals surface area contributed by atoms with E-state index in [9.17, 15) is 19.5 Å². The maximum Gasteiger partial charge on any atom is 0.312 e. The van der Waals surface area contributed by atoms with Crippen LogP contribution in [-0.2, 0) is 30.5 Å². The third kappa shape index (κ3) is 5.88. The summed E-state index contributed by atoms with van der Waals surface area (Å²) in [7, 11) is 0. The number of aliphatic hydroxyl groups is 1. The number of unbranched alkanes of at least 4 members (excludes halogenated alkanes) is 4. The number of carbonyl (C=O) groups excluding carboxylic acids is 3. The van der Waals surface area contributed by atoms with Gasteiger partial charge in [-0.2, -0.15) is 0 Å². The molecule has 43 heavy (non-hydrogen) atoms. The van der Waals surface area contributed by atoms with Gasteiger partial charge in [-0.15, -0.1) is 18.3 Å². The van der Waals surface area contributed by atoms with Crippen molar-refractivity contribution in [2.75, 3.05) is 26.3 Å². The number of aromatic nitrogens is 3. The summed E-state index contributed by atoms with van der Waals surface area (Å²) in [6, 6.07) is 6.56. The van der Waals surface area contributed by atoms with E-state index < -0.39 is 35.6 Å². The number of hydrogen-bond acceptors (Lipinski definition) is 8. The maximum atomic E-state index is 14.6.